The van der Waals surface area contributed by atoms with Gasteiger partial charge in [0, 0.05) is 0 Å². The Bertz CT molecular complexity index is 11.6. The second kappa shape index (κ2) is 18.4. The van der Waals surface area contributed by atoms with Crippen LogP contribution in [0.3, 0.4) is 0 Å². The molecule has 0 radical (unpaired) electrons. The van der Waals surface area contributed by atoms with Crippen LogP contribution in [0.4, 0.5) is 0 Å². The molecular weight excluding hydrogens is 149 g/mol. The first-order valence-electron chi connectivity index (χ1n) is 0. The third-order valence-corrected chi connectivity index (χ3v) is 0. The first kappa shape index (κ1) is 33.0. The monoisotopic (exact) mass is 153 g/mol. The molecule has 0 unspecified atom stereocenters. The number of halogens is 1. The van der Waals surface area contributed by atoms with E-state index in [9.17, 15) is 0 Å². The predicted octanol–water partition coefficient (Wildman–Crippen LogP) is -4.72. The third kappa shape index (κ3) is 8.84. The van der Waals surface area contributed by atoms with E-state index < -0.39 is 0 Å². The molecule has 0 heterocycles. The predicted molar refractivity (Wildman–Crippen MR) is 18.2 cm³/mol. The zero-order valence-corrected chi connectivity index (χ0v) is 2.38. The van der Waals surface area contributed by atoms with Crippen LogP contribution in [0, 0.1) is 0 Å². The summed E-state index contributed by atoms with van der Waals surface area (Å²) in [5.41, 5.74) is 0. The summed E-state index contributed by atoms with van der Waals surface area (Å²) < 4.78 is 0. The molecule has 0 aromatic carbocycles. The van der Waals surface area contributed by atoms with E-state index in [1.807, 2.05) is 0 Å². The van der Waals surface area contributed by atoms with Gasteiger partial charge in [0.1, 0.15) is 0 Å². The third-order valence-electron chi connectivity index (χ3n) is 0. The minimum atomic E-state index is 0. The van der Waals surface area contributed by atoms with E-state index in [0.717, 1.165) is 0 Å². The molecule has 0 aromatic rings. The Morgan fingerprint density at radius 1 is 1.25 bits per heavy atom. The fraction of sp³-hybridized carbons (Fsp3) is 0. The van der Waals surface area contributed by atoms with E-state index in [-0.39, 0.29) is 77.8 Å². The number of hydrogen-bond donors (Lipinski definition) is 0. The van der Waals surface area contributed by atoms with Crippen LogP contribution in [0.15, 0.2) is 0 Å². The Morgan fingerprint density at radius 3 is 1.25 bits per heavy atom. The fourth-order valence-electron chi connectivity index (χ4n) is 0. The molecule has 0 aliphatic carbocycles. The first-order valence-corrected chi connectivity index (χ1v) is 0. The fourth-order valence-corrected chi connectivity index (χ4v) is 0. The van der Waals surface area contributed by atoms with Crippen LogP contribution in [0.2, 0.25) is 0 Å². The molecule has 0 saturated heterocycles. The number of rotatable bonds is 0. The Balaban J connectivity index is 0. The summed E-state index contributed by atoms with van der Waals surface area (Å²) in [4.78, 5) is 0. The zero-order valence-electron chi connectivity index (χ0n) is 1.68. The van der Waals surface area contributed by atoms with Gasteiger partial charge in [-0.15, -0.1) is 0 Å². The topological polar surface area (TPSA) is 0 Å². The molecule has 0 fully saturated rings. The maximum atomic E-state index is 0. The van der Waals surface area contributed by atoms with Crippen molar-refractivity contribution < 1.29 is 30.9 Å². The summed E-state index contributed by atoms with van der Waals surface area (Å²) in [6.45, 7) is 0. The van der Waals surface area contributed by atoms with E-state index in [4.69, 9.17) is 0 Å². The van der Waals surface area contributed by atoms with Crippen LogP contribution < -0.4 is 12.4 Å². The molecule has 0 saturated carbocycles. The quantitative estimate of drug-likeness (QED) is 0.307. The molecule has 0 bridgehead atoms. The molecule has 0 aliphatic rings. The van der Waals surface area contributed by atoms with Crippen LogP contribution in [-0.4, -0.2) is 46.9 Å². The van der Waals surface area contributed by atoms with Crippen molar-refractivity contribution in [1.82, 2.24) is 0 Å². The first-order chi connectivity index (χ1) is 0. The number of hydrogen-bond acceptors (Lipinski definition) is 0. The van der Waals surface area contributed by atoms with Gasteiger partial charge in [-0.2, -0.15) is 0 Å². The second-order valence-electron chi connectivity index (χ2n) is 0. The van der Waals surface area contributed by atoms with Crippen LogP contribution in [-0.2, 0) is 17.1 Å². The summed E-state index contributed by atoms with van der Waals surface area (Å²) in [5.74, 6) is 0. The molecular formula is H5AlClCuNa-. The van der Waals surface area contributed by atoms with Gasteiger partial charge in [0.25, 0.3) is 0 Å². The molecule has 0 aromatic heterocycles. The summed E-state index contributed by atoms with van der Waals surface area (Å²) in [6.07, 6.45) is 0. The average molecular weight is 154 g/mol. The molecule has 4 heavy (non-hydrogen) atoms. The van der Waals surface area contributed by atoms with Crippen LogP contribution >= 0.6 is 0 Å². The van der Waals surface area contributed by atoms with Crippen molar-refractivity contribution in [2.75, 3.05) is 0 Å². The van der Waals surface area contributed by atoms with Gasteiger partial charge in [-0.25, -0.2) is 0 Å². The summed E-state index contributed by atoms with van der Waals surface area (Å²) in [7, 11) is 0. The average Bonchev–Trinajstić information content (AvgIpc) is 0. The Morgan fingerprint density at radius 2 is 1.25 bits per heavy atom. The normalized spacial score (nSPS) is 0. The van der Waals surface area contributed by atoms with Crippen molar-refractivity contribution in [3.05, 3.63) is 0 Å². The van der Waals surface area contributed by atoms with Crippen LogP contribution in [0.1, 0.15) is 1.43 Å². The standard InChI is InChI=1S/Al.ClH.Cu.Na.5H/h;1H;;;;;;;/q;;+1;;;;;;-1/p-1. The van der Waals surface area contributed by atoms with Crippen molar-refractivity contribution >= 4 is 46.9 Å². The van der Waals surface area contributed by atoms with Crippen molar-refractivity contribution in [2.24, 2.45) is 0 Å². The van der Waals surface area contributed by atoms with Crippen molar-refractivity contribution in [1.29, 1.82) is 0 Å². The Kier molecular flexibility index (Phi) is 151. The van der Waals surface area contributed by atoms with Crippen LogP contribution in [0.5, 0.6) is 0 Å². The second-order valence-corrected chi connectivity index (χ2v) is 0. The van der Waals surface area contributed by atoms with Gasteiger partial charge in [-0.3, -0.25) is 0 Å². The summed E-state index contributed by atoms with van der Waals surface area (Å²) >= 11 is 0. The van der Waals surface area contributed by atoms with Gasteiger partial charge in [0.05, 0.1) is 0 Å². The van der Waals surface area contributed by atoms with E-state index >= 15 is 0 Å². The molecule has 0 aliphatic heterocycles. The molecule has 0 nitrogen and oxygen atoms in total. The molecule has 0 amide bonds. The molecule has 0 N–H and O–H groups in total. The van der Waals surface area contributed by atoms with Gasteiger partial charge >= 0.3 is 46.6 Å². The van der Waals surface area contributed by atoms with Crippen molar-refractivity contribution in [3.63, 3.8) is 0 Å². The Hall–Kier alpha value is 2.34. The van der Waals surface area contributed by atoms with Gasteiger partial charge in [0.2, 0.25) is 0 Å². The van der Waals surface area contributed by atoms with E-state index in [0.29, 0.717) is 0 Å². The minimum absolute atomic E-state index is 0. The van der Waals surface area contributed by atoms with Gasteiger partial charge in [-0.1, -0.05) is 0 Å². The van der Waals surface area contributed by atoms with E-state index in [1.54, 1.807) is 0 Å². The van der Waals surface area contributed by atoms with Gasteiger partial charge in [-0.05, 0) is 0 Å². The van der Waals surface area contributed by atoms with Crippen molar-refractivity contribution in [2.45, 2.75) is 0 Å². The molecule has 28 valence electrons. The van der Waals surface area contributed by atoms with E-state index in [1.165, 1.54) is 0 Å². The summed E-state index contributed by atoms with van der Waals surface area (Å²) in [5, 5.41) is 0. The maximum absolute atomic E-state index is 0. The van der Waals surface area contributed by atoms with E-state index in [2.05, 4.69) is 0 Å². The summed E-state index contributed by atoms with van der Waals surface area (Å²) in [6, 6.07) is 0. The Labute approximate surface area is 76.9 Å². The van der Waals surface area contributed by atoms with Gasteiger partial charge < -0.3 is 13.8 Å². The van der Waals surface area contributed by atoms with Crippen molar-refractivity contribution in [3.8, 4) is 0 Å². The molecule has 0 spiro atoms. The van der Waals surface area contributed by atoms with Crippen LogP contribution in [0.25, 0.3) is 0 Å². The van der Waals surface area contributed by atoms with Gasteiger partial charge in [0.15, 0.2) is 17.4 Å². The molecule has 0 atom stereocenters. The molecule has 4 heteroatoms. The zero-order chi connectivity index (χ0) is 0. The SMILES string of the molecule is [AlH3].[Cl-].[Cu+].[H-].[NaH]. The molecule has 0 rings (SSSR count).